The summed E-state index contributed by atoms with van der Waals surface area (Å²) in [7, 11) is -1.86. The molecule has 3 rings (SSSR count). The Balaban J connectivity index is 1.85. The van der Waals surface area contributed by atoms with Crippen LogP contribution in [0.1, 0.15) is 16.7 Å². The fourth-order valence-electron chi connectivity index (χ4n) is 3.39. The lowest BCUT2D eigenvalue weighted by molar-refractivity contribution is -0.137. The largest absolute Gasteiger partial charge is 0.493 e. The van der Waals surface area contributed by atoms with Crippen LogP contribution in [0.25, 0.3) is 0 Å². The third kappa shape index (κ3) is 7.62. The summed E-state index contributed by atoms with van der Waals surface area (Å²) in [6.07, 6.45) is -4.73. The van der Waals surface area contributed by atoms with Crippen molar-refractivity contribution in [2.75, 3.05) is 32.7 Å². The molecule has 12 heteroatoms. The van der Waals surface area contributed by atoms with Gasteiger partial charge in [0.25, 0.3) is 0 Å². The van der Waals surface area contributed by atoms with Crippen molar-refractivity contribution in [2.45, 2.75) is 24.5 Å². The van der Waals surface area contributed by atoms with Crippen LogP contribution >= 0.6 is 0 Å². The van der Waals surface area contributed by atoms with Crippen molar-refractivity contribution in [3.63, 3.8) is 0 Å². The summed E-state index contributed by atoms with van der Waals surface area (Å²) in [5.74, 6) is -0.204. The highest BCUT2D eigenvalue weighted by Gasteiger charge is 2.32. The van der Waals surface area contributed by atoms with Crippen LogP contribution in [0.15, 0.2) is 71.6 Å². The second-order valence-electron chi connectivity index (χ2n) is 8.26. The average Bonchev–Trinajstić information content (AvgIpc) is 2.87. The summed E-state index contributed by atoms with van der Waals surface area (Å²) >= 11 is 0. The van der Waals surface area contributed by atoms with Crippen molar-refractivity contribution >= 4 is 21.8 Å². The molecular weight excluding hydrogens is 525 g/mol. The Morgan fingerprint density at radius 2 is 1.68 bits per heavy atom. The van der Waals surface area contributed by atoms with E-state index in [-0.39, 0.29) is 31.2 Å². The topological polar surface area (TPSA) is 94.2 Å². The zero-order valence-electron chi connectivity index (χ0n) is 20.9. The van der Waals surface area contributed by atoms with Crippen LogP contribution < -0.4 is 14.2 Å². The molecule has 0 aromatic heterocycles. The van der Waals surface area contributed by atoms with Gasteiger partial charge in [-0.15, -0.1) is 0 Å². The highest BCUT2D eigenvalue weighted by molar-refractivity contribution is 7.87. The molecule has 0 aliphatic heterocycles. The number of rotatable bonds is 10. The standard InChI is InChI=1S/C26H27F3N2O6S/c1-18-7-10-21(11-8-18)30-25(32)31(13-14-35-2)17-19-9-12-23(36-3)24(15-19)37-38(33,34)22-6-4-5-20(16-22)26(27,28)29/h4-12,15-16H,13-14,17H2,1-3H3,(H,30,32). The lowest BCUT2D eigenvalue weighted by atomic mass is 10.2. The SMILES string of the molecule is COCCN(Cc1ccc(OC)c(OS(=O)(=O)c2cccc(C(F)(F)F)c2)c1)C(=O)Nc1ccc(C)cc1. The van der Waals surface area contributed by atoms with E-state index in [0.29, 0.717) is 17.3 Å². The number of nitrogens with zero attached hydrogens (tertiary/aromatic N) is 1. The van der Waals surface area contributed by atoms with Gasteiger partial charge in [0, 0.05) is 25.9 Å². The Bertz CT molecular complexity index is 1360. The van der Waals surface area contributed by atoms with Crippen molar-refractivity contribution in [1.29, 1.82) is 0 Å². The highest BCUT2D eigenvalue weighted by Crippen LogP contribution is 2.34. The van der Waals surface area contributed by atoms with Gasteiger partial charge in [-0.05, 0) is 55.0 Å². The molecule has 0 bridgehead atoms. The summed E-state index contributed by atoms with van der Waals surface area (Å²) in [4.78, 5) is 13.7. The Hall–Kier alpha value is -3.77. The maximum absolute atomic E-state index is 13.1. The van der Waals surface area contributed by atoms with Crippen LogP contribution in [0.4, 0.5) is 23.7 Å². The summed E-state index contributed by atoms with van der Waals surface area (Å²) in [5, 5.41) is 2.80. The maximum Gasteiger partial charge on any atom is 0.416 e. The fourth-order valence-corrected chi connectivity index (χ4v) is 4.37. The molecule has 0 fully saturated rings. The van der Waals surface area contributed by atoms with Gasteiger partial charge in [0.15, 0.2) is 11.5 Å². The van der Waals surface area contributed by atoms with E-state index < -0.39 is 32.8 Å². The van der Waals surface area contributed by atoms with Crippen molar-refractivity contribution in [3.8, 4) is 11.5 Å². The fraction of sp³-hybridized carbons (Fsp3) is 0.269. The number of benzene rings is 3. The number of alkyl halides is 3. The second kappa shape index (κ2) is 12.2. The first-order chi connectivity index (χ1) is 17.9. The van der Waals surface area contributed by atoms with E-state index in [4.69, 9.17) is 13.7 Å². The number of hydrogen-bond acceptors (Lipinski definition) is 6. The molecule has 204 valence electrons. The van der Waals surface area contributed by atoms with Crippen molar-refractivity contribution in [2.24, 2.45) is 0 Å². The minimum absolute atomic E-state index is 0.0387. The quantitative estimate of drug-likeness (QED) is 0.335. The lowest BCUT2D eigenvalue weighted by Crippen LogP contribution is -2.36. The number of carbonyl (C=O) groups is 1. The molecule has 0 unspecified atom stereocenters. The molecule has 3 aromatic carbocycles. The number of ether oxygens (including phenoxy) is 2. The number of amides is 2. The number of halogens is 3. The maximum atomic E-state index is 13.1. The van der Waals surface area contributed by atoms with E-state index in [1.54, 1.807) is 18.2 Å². The average molecular weight is 553 g/mol. The van der Waals surface area contributed by atoms with Gasteiger partial charge < -0.3 is 23.9 Å². The van der Waals surface area contributed by atoms with E-state index >= 15 is 0 Å². The normalized spacial score (nSPS) is 11.6. The van der Waals surface area contributed by atoms with Crippen LogP contribution in [0.5, 0.6) is 11.5 Å². The molecule has 3 aromatic rings. The molecule has 2 amide bonds. The molecule has 0 saturated carbocycles. The molecule has 0 atom stereocenters. The van der Waals surface area contributed by atoms with Crippen LogP contribution in [0.2, 0.25) is 0 Å². The Kier molecular flexibility index (Phi) is 9.23. The molecule has 1 N–H and O–H groups in total. The molecule has 0 saturated heterocycles. The van der Waals surface area contributed by atoms with Crippen LogP contribution in [-0.2, 0) is 27.6 Å². The monoisotopic (exact) mass is 552 g/mol. The predicted molar refractivity (Wildman–Crippen MR) is 135 cm³/mol. The summed E-state index contributed by atoms with van der Waals surface area (Å²) in [6.45, 7) is 2.43. The van der Waals surface area contributed by atoms with Crippen molar-refractivity contribution < 1.29 is 40.0 Å². The summed E-state index contributed by atoms with van der Waals surface area (Å²) in [6, 6.07) is 14.5. The van der Waals surface area contributed by atoms with Gasteiger partial charge in [0.05, 0.1) is 19.3 Å². The molecule has 0 heterocycles. The third-order valence-corrected chi connectivity index (χ3v) is 6.64. The van der Waals surface area contributed by atoms with E-state index in [9.17, 15) is 26.4 Å². The van der Waals surface area contributed by atoms with E-state index in [0.717, 1.165) is 23.8 Å². The van der Waals surface area contributed by atoms with Gasteiger partial charge >= 0.3 is 22.3 Å². The van der Waals surface area contributed by atoms with E-state index in [2.05, 4.69) is 5.32 Å². The Morgan fingerprint density at radius 1 is 0.974 bits per heavy atom. The Morgan fingerprint density at radius 3 is 2.32 bits per heavy atom. The van der Waals surface area contributed by atoms with Crippen LogP contribution in [0.3, 0.4) is 0 Å². The van der Waals surface area contributed by atoms with Gasteiger partial charge in [0.2, 0.25) is 0 Å². The molecule has 0 spiro atoms. The molecule has 0 aliphatic carbocycles. The van der Waals surface area contributed by atoms with Crippen LogP contribution in [0, 0.1) is 6.92 Å². The van der Waals surface area contributed by atoms with Crippen LogP contribution in [-0.4, -0.2) is 46.7 Å². The van der Waals surface area contributed by atoms with Gasteiger partial charge in [-0.25, -0.2) is 4.79 Å². The first kappa shape index (κ1) is 28.8. The number of anilines is 1. The molecule has 0 aliphatic rings. The number of hydrogen-bond donors (Lipinski definition) is 1. The third-order valence-electron chi connectivity index (χ3n) is 5.41. The summed E-state index contributed by atoms with van der Waals surface area (Å²) in [5.41, 5.74) is 0.977. The second-order valence-corrected chi connectivity index (χ2v) is 9.81. The van der Waals surface area contributed by atoms with E-state index in [1.807, 2.05) is 19.1 Å². The lowest BCUT2D eigenvalue weighted by Gasteiger charge is -2.23. The smallest absolute Gasteiger partial charge is 0.416 e. The van der Waals surface area contributed by atoms with Gasteiger partial charge in [-0.3, -0.25) is 0 Å². The number of carbonyl (C=O) groups excluding carboxylic acids is 1. The zero-order valence-corrected chi connectivity index (χ0v) is 21.7. The number of nitrogens with one attached hydrogen (secondary N) is 1. The van der Waals surface area contributed by atoms with Gasteiger partial charge in [-0.2, -0.15) is 21.6 Å². The Labute approximate surface area is 219 Å². The molecule has 38 heavy (non-hydrogen) atoms. The molecular formula is C26H27F3N2O6S. The van der Waals surface area contributed by atoms with Gasteiger partial charge in [-0.1, -0.05) is 29.8 Å². The highest BCUT2D eigenvalue weighted by atomic mass is 32.2. The molecule has 0 radical (unpaired) electrons. The molecule has 8 nitrogen and oxygen atoms in total. The van der Waals surface area contributed by atoms with Gasteiger partial charge in [0.1, 0.15) is 4.90 Å². The first-order valence-electron chi connectivity index (χ1n) is 11.3. The number of aryl methyl sites for hydroxylation is 1. The first-order valence-corrected chi connectivity index (χ1v) is 12.7. The summed E-state index contributed by atoms with van der Waals surface area (Å²) < 4.78 is 80.4. The number of methoxy groups -OCH3 is 2. The van der Waals surface area contributed by atoms with E-state index in [1.165, 1.54) is 31.3 Å². The zero-order chi connectivity index (χ0) is 27.9. The van der Waals surface area contributed by atoms with Crippen molar-refractivity contribution in [3.05, 3.63) is 83.4 Å². The predicted octanol–water partition coefficient (Wildman–Crippen LogP) is 5.47. The number of urea groups is 1. The minimum Gasteiger partial charge on any atom is -0.493 e. The van der Waals surface area contributed by atoms with Crippen molar-refractivity contribution in [1.82, 2.24) is 4.90 Å². The minimum atomic E-state index is -4.73.